The monoisotopic (exact) mass is 347 g/mol. The predicted octanol–water partition coefficient (Wildman–Crippen LogP) is 1.91. The number of hydrogen-bond acceptors (Lipinski definition) is 7. The molecule has 7 nitrogen and oxygen atoms in total. The fraction of sp³-hybridized carbons (Fsp3) is 0.273. The molecule has 114 valence electrons. The molecule has 10 heteroatoms. The Morgan fingerprint density at radius 3 is 2.76 bits per heavy atom. The van der Waals surface area contributed by atoms with Gasteiger partial charge in [0.1, 0.15) is 9.90 Å². The second kappa shape index (κ2) is 6.67. The molecule has 0 saturated heterocycles. The smallest absolute Gasteiger partial charge is 0.242 e. The molecule has 0 bridgehead atoms. The Morgan fingerprint density at radius 1 is 1.48 bits per heavy atom. The number of nitrogens with one attached hydrogen (secondary N) is 2. The molecule has 4 N–H and O–H groups in total. The lowest BCUT2D eigenvalue weighted by molar-refractivity contribution is 0.548. The number of nitrogens with two attached hydrogens (primary N) is 1. The van der Waals surface area contributed by atoms with Crippen molar-refractivity contribution in [2.75, 3.05) is 5.43 Å². The van der Waals surface area contributed by atoms with Crippen molar-refractivity contribution in [1.82, 2.24) is 14.7 Å². The van der Waals surface area contributed by atoms with Crippen molar-refractivity contribution in [2.24, 2.45) is 5.84 Å². The van der Waals surface area contributed by atoms with Crippen molar-refractivity contribution >= 4 is 38.8 Å². The number of thiazole rings is 1. The van der Waals surface area contributed by atoms with E-state index in [2.05, 4.69) is 20.1 Å². The molecule has 0 aliphatic heterocycles. The molecular formula is C11H14ClN5O2S2. The number of nitrogens with zero attached hydrogens (tertiary/aromatic N) is 2. The second-order valence-corrected chi connectivity index (χ2v) is 7.15. The number of hydrazine groups is 1. The molecule has 0 spiro atoms. The zero-order valence-electron chi connectivity index (χ0n) is 11.1. The number of hydrogen-bond donors (Lipinski definition) is 3. The molecule has 2 aromatic rings. The predicted molar refractivity (Wildman–Crippen MR) is 82.5 cm³/mol. The molecule has 2 rings (SSSR count). The van der Waals surface area contributed by atoms with Gasteiger partial charge in [-0.25, -0.2) is 29.0 Å². The number of rotatable bonds is 6. The van der Waals surface area contributed by atoms with Gasteiger partial charge in [0.05, 0.1) is 11.1 Å². The van der Waals surface area contributed by atoms with Crippen LogP contribution in [0.15, 0.2) is 28.7 Å². The van der Waals surface area contributed by atoms with E-state index in [-0.39, 0.29) is 21.8 Å². The average Bonchev–Trinajstić information content (AvgIpc) is 2.98. The maximum atomic E-state index is 12.4. The summed E-state index contributed by atoms with van der Waals surface area (Å²) in [6.07, 6.45) is 3.41. The summed E-state index contributed by atoms with van der Waals surface area (Å²) < 4.78 is 27.3. The van der Waals surface area contributed by atoms with Crippen molar-refractivity contribution in [2.45, 2.75) is 24.3 Å². The molecule has 0 fully saturated rings. The van der Waals surface area contributed by atoms with Crippen LogP contribution < -0.4 is 16.0 Å². The highest BCUT2D eigenvalue weighted by Gasteiger charge is 2.23. The van der Waals surface area contributed by atoms with Gasteiger partial charge in [-0.3, -0.25) is 0 Å². The first-order valence-corrected chi connectivity index (χ1v) is 8.76. The van der Waals surface area contributed by atoms with Crippen LogP contribution in [-0.4, -0.2) is 18.4 Å². The standard InChI is InChI=1S/C11H14ClN5O2S2/c1-2-9(11-14-3-4-20-11)17-21(18,19)7-5-8(12)10(16-13)15-6-7/h3-6,9,17H,2,13H2,1H3,(H,15,16). The number of nitrogen functional groups attached to an aromatic ring is 1. The molecular weight excluding hydrogens is 334 g/mol. The summed E-state index contributed by atoms with van der Waals surface area (Å²) in [6.45, 7) is 1.88. The molecule has 0 aromatic carbocycles. The Labute approximate surface area is 131 Å². The molecule has 1 unspecified atom stereocenters. The molecule has 0 aliphatic carbocycles. The third-order valence-electron chi connectivity index (χ3n) is 2.72. The fourth-order valence-electron chi connectivity index (χ4n) is 1.64. The van der Waals surface area contributed by atoms with Crippen LogP contribution in [0.1, 0.15) is 24.4 Å². The van der Waals surface area contributed by atoms with E-state index in [1.807, 2.05) is 6.92 Å². The lowest BCUT2D eigenvalue weighted by Gasteiger charge is -2.15. The van der Waals surface area contributed by atoms with Gasteiger partial charge in [-0.05, 0) is 12.5 Å². The summed E-state index contributed by atoms with van der Waals surface area (Å²) in [5.74, 6) is 5.42. The summed E-state index contributed by atoms with van der Waals surface area (Å²) >= 11 is 7.29. The van der Waals surface area contributed by atoms with Gasteiger partial charge in [0, 0.05) is 17.8 Å². The highest BCUT2D eigenvalue weighted by molar-refractivity contribution is 7.89. The Bertz CT molecular complexity index is 705. The molecule has 2 aromatic heterocycles. The average molecular weight is 348 g/mol. The maximum Gasteiger partial charge on any atom is 0.242 e. The molecule has 21 heavy (non-hydrogen) atoms. The van der Waals surface area contributed by atoms with Crippen LogP contribution >= 0.6 is 22.9 Å². The van der Waals surface area contributed by atoms with Crippen LogP contribution in [0.2, 0.25) is 5.02 Å². The van der Waals surface area contributed by atoms with Crippen LogP contribution in [0.3, 0.4) is 0 Å². The molecule has 2 heterocycles. The van der Waals surface area contributed by atoms with Gasteiger partial charge in [-0.2, -0.15) is 0 Å². The lowest BCUT2D eigenvalue weighted by atomic mass is 10.3. The quantitative estimate of drug-likeness (QED) is 0.544. The minimum atomic E-state index is -3.74. The minimum Gasteiger partial charge on any atom is -0.307 e. The van der Waals surface area contributed by atoms with Crippen molar-refractivity contribution in [3.8, 4) is 0 Å². The first kappa shape index (κ1) is 16.1. The van der Waals surface area contributed by atoms with Gasteiger partial charge in [0.25, 0.3) is 0 Å². The van der Waals surface area contributed by atoms with Crippen LogP contribution in [0.25, 0.3) is 0 Å². The topological polar surface area (TPSA) is 110 Å². The summed E-state index contributed by atoms with van der Waals surface area (Å²) in [5, 5.41) is 2.63. The second-order valence-electron chi connectivity index (χ2n) is 4.10. The molecule has 0 saturated carbocycles. The molecule has 1 atom stereocenters. The Balaban J connectivity index is 2.27. The molecule has 0 amide bonds. The number of pyridine rings is 1. The van der Waals surface area contributed by atoms with Crippen LogP contribution in [0.5, 0.6) is 0 Å². The van der Waals surface area contributed by atoms with Gasteiger partial charge in [0.15, 0.2) is 5.82 Å². The summed E-state index contributed by atoms with van der Waals surface area (Å²) in [6, 6.07) is 0.904. The van der Waals surface area contributed by atoms with Gasteiger partial charge < -0.3 is 5.43 Å². The summed E-state index contributed by atoms with van der Waals surface area (Å²) in [4.78, 5) is 7.97. The van der Waals surface area contributed by atoms with Crippen LogP contribution in [0, 0.1) is 0 Å². The molecule has 0 radical (unpaired) electrons. The minimum absolute atomic E-state index is 0.0264. The van der Waals surface area contributed by atoms with Crippen molar-refractivity contribution < 1.29 is 8.42 Å². The van der Waals surface area contributed by atoms with E-state index in [4.69, 9.17) is 17.4 Å². The highest BCUT2D eigenvalue weighted by atomic mass is 35.5. The van der Waals surface area contributed by atoms with Gasteiger partial charge in [0.2, 0.25) is 10.0 Å². The normalized spacial score (nSPS) is 13.1. The summed E-state index contributed by atoms with van der Waals surface area (Å²) in [5.41, 5.74) is 2.28. The number of anilines is 1. The third kappa shape index (κ3) is 3.69. The Hall–Kier alpha value is -1.26. The van der Waals surface area contributed by atoms with Crippen molar-refractivity contribution in [3.05, 3.63) is 33.9 Å². The van der Waals surface area contributed by atoms with Gasteiger partial charge >= 0.3 is 0 Å². The van der Waals surface area contributed by atoms with Crippen LogP contribution in [0.4, 0.5) is 5.82 Å². The zero-order valence-corrected chi connectivity index (χ0v) is 13.5. The Morgan fingerprint density at radius 2 is 2.24 bits per heavy atom. The zero-order chi connectivity index (χ0) is 15.5. The van der Waals surface area contributed by atoms with Crippen LogP contribution in [-0.2, 0) is 10.0 Å². The third-order valence-corrected chi connectivity index (χ3v) is 5.33. The first-order valence-electron chi connectivity index (χ1n) is 6.01. The SMILES string of the molecule is CCC(NS(=O)(=O)c1cnc(NN)c(Cl)c1)c1nccs1. The van der Waals surface area contributed by atoms with Gasteiger partial charge in [-0.1, -0.05) is 18.5 Å². The largest absolute Gasteiger partial charge is 0.307 e. The van der Waals surface area contributed by atoms with E-state index in [1.165, 1.54) is 23.6 Å². The first-order chi connectivity index (χ1) is 9.97. The summed E-state index contributed by atoms with van der Waals surface area (Å²) in [7, 11) is -3.74. The number of sulfonamides is 1. The van der Waals surface area contributed by atoms with E-state index >= 15 is 0 Å². The molecule has 0 aliphatic rings. The van der Waals surface area contributed by atoms with Crippen molar-refractivity contribution in [1.29, 1.82) is 0 Å². The number of aromatic nitrogens is 2. The van der Waals surface area contributed by atoms with E-state index < -0.39 is 10.0 Å². The van der Waals surface area contributed by atoms with Gasteiger partial charge in [-0.15, -0.1) is 11.3 Å². The van der Waals surface area contributed by atoms with Crippen molar-refractivity contribution in [3.63, 3.8) is 0 Å². The van der Waals surface area contributed by atoms with E-state index in [1.54, 1.807) is 11.6 Å². The van der Waals surface area contributed by atoms with E-state index in [0.29, 0.717) is 11.4 Å². The Kier molecular flexibility index (Phi) is 5.12. The van der Waals surface area contributed by atoms with E-state index in [9.17, 15) is 8.42 Å². The highest BCUT2D eigenvalue weighted by Crippen LogP contribution is 2.25. The van der Waals surface area contributed by atoms with E-state index in [0.717, 1.165) is 0 Å². The number of halogens is 1. The maximum absolute atomic E-state index is 12.4. The fourth-order valence-corrected chi connectivity index (χ4v) is 4.03. The lowest BCUT2D eigenvalue weighted by Crippen LogP contribution is -2.28.